The van der Waals surface area contributed by atoms with E-state index in [0.717, 1.165) is 5.56 Å². The minimum atomic E-state index is -0.873. The van der Waals surface area contributed by atoms with Crippen molar-refractivity contribution in [2.75, 3.05) is 0 Å². The van der Waals surface area contributed by atoms with Crippen LogP contribution in [-0.2, 0) is 17.8 Å². The Hall–Kier alpha value is -2.44. The van der Waals surface area contributed by atoms with Gasteiger partial charge in [-0.3, -0.25) is 9.36 Å². The summed E-state index contributed by atoms with van der Waals surface area (Å²) in [6, 6.07) is 1.67. The first-order chi connectivity index (χ1) is 9.90. The lowest BCUT2D eigenvalue weighted by molar-refractivity contribution is -0.141. The van der Waals surface area contributed by atoms with Crippen molar-refractivity contribution >= 4 is 5.97 Å². The van der Waals surface area contributed by atoms with Crippen molar-refractivity contribution < 1.29 is 14.4 Å². The molecular weight excluding hydrogens is 274 g/mol. The number of carboxylic acids is 1. The molecule has 2 heterocycles. The first-order valence-electron chi connectivity index (χ1n) is 6.59. The predicted molar refractivity (Wildman–Crippen MR) is 74.1 cm³/mol. The third kappa shape index (κ3) is 3.18. The molecule has 0 aliphatic carbocycles. The van der Waals surface area contributed by atoms with Crippen LogP contribution in [0.1, 0.15) is 29.6 Å². The standard InChI is InChI=1S/C14H17N3O4/c1-8(13(18)19)6-12-9(2)16-14(20)17(10(12)3)7-11-4-5-15-21-11/h4-5,8H,6-7H2,1-3H3,(H,18,19). The van der Waals surface area contributed by atoms with E-state index in [9.17, 15) is 9.59 Å². The smallest absolute Gasteiger partial charge is 0.348 e. The highest BCUT2D eigenvalue weighted by atomic mass is 16.5. The van der Waals surface area contributed by atoms with Crippen molar-refractivity contribution in [2.24, 2.45) is 5.92 Å². The Morgan fingerprint density at radius 1 is 1.48 bits per heavy atom. The number of aromatic nitrogens is 3. The topological polar surface area (TPSA) is 98.2 Å². The molecule has 0 amide bonds. The van der Waals surface area contributed by atoms with Crippen molar-refractivity contribution in [3.63, 3.8) is 0 Å². The summed E-state index contributed by atoms with van der Waals surface area (Å²) in [7, 11) is 0. The van der Waals surface area contributed by atoms with Crippen molar-refractivity contribution in [1.29, 1.82) is 0 Å². The van der Waals surface area contributed by atoms with Gasteiger partial charge in [0.15, 0.2) is 5.76 Å². The number of nitrogens with zero attached hydrogens (tertiary/aromatic N) is 3. The second-order valence-corrected chi connectivity index (χ2v) is 5.05. The summed E-state index contributed by atoms with van der Waals surface area (Å²) in [5.74, 6) is -0.870. The second-order valence-electron chi connectivity index (χ2n) is 5.05. The summed E-state index contributed by atoms with van der Waals surface area (Å²) >= 11 is 0. The zero-order valence-electron chi connectivity index (χ0n) is 12.2. The maximum atomic E-state index is 12.0. The lowest BCUT2D eigenvalue weighted by atomic mass is 9.99. The van der Waals surface area contributed by atoms with E-state index in [1.165, 1.54) is 10.8 Å². The molecular formula is C14H17N3O4. The molecule has 2 aromatic rings. The van der Waals surface area contributed by atoms with Gasteiger partial charge in [-0.25, -0.2) is 4.79 Å². The Balaban J connectivity index is 2.42. The van der Waals surface area contributed by atoms with E-state index < -0.39 is 11.9 Å². The molecule has 2 aromatic heterocycles. The highest BCUT2D eigenvalue weighted by molar-refractivity contribution is 5.70. The summed E-state index contributed by atoms with van der Waals surface area (Å²) in [5.41, 5.74) is 1.67. The first-order valence-corrected chi connectivity index (χ1v) is 6.59. The van der Waals surface area contributed by atoms with Gasteiger partial charge in [0, 0.05) is 17.5 Å². The van der Waals surface area contributed by atoms with E-state index in [4.69, 9.17) is 9.63 Å². The molecule has 0 saturated heterocycles. The lowest BCUT2D eigenvalue weighted by Gasteiger charge is -2.16. The number of hydrogen-bond donors (Lipinski definition) is 1. The molecule has 0 aromatic carbocycles. The van der Waals surface area contributed by atoms with E-state index in [0.29, 0.717) is 23.6 Å². The molecule has 0 aliphatic heterocycles. The van der Waals surface area contributed by atoms with Crippen LogP contribution in [-0.4, -0.2) is 25.8 Å². The summed E-state index contributed by atoms with van der Waals surface area (Å²) in [6.07, 6.45) is 1.83. The molecule has 0 fully saturated rings. The summed E-state index contributed by atoms with van der Waals surface area (Å²) in [5, 5.41) is 12.6. The molecule has 0 bridgehead atoms. The molecule has 0 saturated carbocycles. The van der Waals surface area contributed by atoms with Gasteiger partial charge in [0.2, 0.25) is 0 Å². The number of hydrogen-bond acceptors (Lipinski definition) is 5. The second kappa shape index (κ2) is 5.90. The van der Waals surface area contributed by atoms with Gasteiger partial charge in [-0.2, -0.15) is 4.98 Å². The van der Waals surface area contributed by atoms with Gasteiger partial charge in [0.05, 0.1) is 18.7 Å². The van der Waals surface area contributed by atoms with Crippen molar-refractivity contribution in [3.05, 3.63) is 45.5 Å². The quantitative estimate of drug-likeness (QED) is 0.887. The van der Waals surface area contributed by atoms with Gasteiger partial charge >= 0.3 is 11.7 Å². The SMILES string of the molecule is Cc1nc(=O)n(Cc2ccno2)c(C)c1CC(C)C(=O)O. The molecule has 112 valence electrons. The van der Waals surface area contributed by atoms with Crippen LogP contribution in [0.4, 0.5) is 0 Å². The summed E-state index contributed by atoms with van der Waals surface area (Å²) in [4.78, 5) is 27.0. The average Bonchev–Trinajstić information content (AvgIpc) is 2.92. The molecule has 7 heteroatoms. The summed E-state index contributed by atoms with van der Waals surface area (Å²) < 4.78 is 6.47. The Morgan fingerprint density at radius 3 is 2.76 bits per heavy atom. The average molecular weight is 291 g/mol. The number of aryl methyl sites for hydroxylation is 1. The first kappa shape index (κ1) is 15.0. The Kier molecular flexibility index (Phi) is 4.21. The van der Waals surface area contributed by atoms with Gasteiger partial charge in [-0.05, 0) is 25.8 Å². The lowest BCUT2D eigenvalue weighted by Crippen LogP contribution is -2.29. The van der Waals surface area contributed by atoms with Crippen LogP contribution < -0.4 is 5.69 Å². The van der Waals surface area contributed by atoms with Crippen LogP contribution >= 0.6 is 0 Å². The minimum absolute atomic E-state index is 0.229. The molecule has 1 atom stereocenters. The van der Waals surface area contributed by atoms with E-state index in [-0.39, 0.29) is 12.2 Å². The van der Waals surface area contributed by atoms with Crippen LogP contribution in [0, 0.1) is 19.8 Å². The van der Waals surface area contributed by atoms with Crippen molar-refractivity contribution in [3.8, 4) is 0 Å². The molecule has 1 N–H and O–H groups in total. The van der Waals surface area contributed by atoms with E-state index in [1.54, 1.807) is 26.8 Å². The van der Waals surface area contributed by atoms with Gasteiger partial charge < -0.3 is 9.63 Å². The fourth-order valence-electron chi connectivity index (χ4n) is 2.19. The maximum absolute atomic E-state index is 12.0. The number of rotatable bonds is 5. The maximum Gasteiger partial charge on any atom is 0.348 e. The largest absolute Gasteiger partial charge is 0.481 e. The van der Waals surface area contributed by atoms with Crippen LogP contribution in [0.5, 0.6) is 0 Å². The predicted octanol–water partition coefficient (Wildman–Crippen LogP) is 1.16. The number of carbonyl (C=O) groups is 1. The third-order valence-corrected chi connectivity index (χ3v) is 3.51. The van der Waals surface area contributed by atoms with Crippen LogP contribution in [0.25, 0.3) is 0 Å². The number of carboxylic acid groups (broad SMARTS) is 1. The zero-order chi connectivity index (χ0) is 15.6. The zero-order valence-corrected chi connectivity index (χ0v) is 12.2. The fraction of sp³-hybridized carbons (Fsp3) is 0.429. The normalized spacial score (nSPS) is 12.3. The monoisotopic (exact) mass is 291 g/mol. The Morgan fingerprint density at radius 2 is 2.19 bits per heavy atom. The number of aliphatic carboxylic acids is 1. The molecule has 0 radical (unpaired) electrons. The van der Waals surface area contributed by atoms with Crippen molar-refractivity contribution in [1.82, 2.24) is 14.7 Å². The molecule has 1 unspecified atom stereocenters. The van der Waals surface area contributed by atoms with E-state index >= 15 is 0 Å². The van der Waals surface area contributed by atoms with Gasteiger partial charge in [0.25, 0.3) is 0 Å². The highest BCUT2D eigenvalue weighted by Gasteiger charge is 2.18. The molecule has 0 aliphatic rings. The van der Waals surface area contributed by atoms with E-state index in [1.807, 2.05) is 0 Å². The van der Waals surface area contributed by atoms with Crippen LogP contribution in [0.15, 0.2) is 21.6 Å². The molecule has 21 heavy (non-hydrogen) atoms. The third-order valence-electron chi connectivity index (χ3n) is 3.51. The van der Waals surface area contributed by atoms with Crippen LogP contribution in [0.3, 0.4) is 0 Å². The summed E-state index contributed by atoms with van der Waals surface area (Å²) in [6.45, 7) is 5.37. The Bertz CT molecular complexity index is 704. The molecule has 0 spiro atoms. The van der Waals surface area contributed by atoms with Gasteiger partial charge in [0.1, 0.15) is 0 Å². The fourth-order valence-corrected chi connectivity index (χ4v) is 2.19. The Labute approximate surface area is 121 Å². The van der Waals surface area contributed by atoms with Crippen molar-refractivity contribution in [2.45, 2.75) is 33.7 Å². The van der Waals surface area contributed by atoms with Crippen LogP contribution in [0.2, 0.25) is 0 Å². The molecule has 7 nitrogen and oxygen atoms in total. The van der Waals surface area contributed by atoms with Gasteiger partial charge in [-0.15, -0.1) is 0 Å². The molecule has 2 rings (SSSR count). The highest BCUT2D eigenvalue weighted by Crippen LogP contribution is 2.16. The van der Waals surface area contributed by atoms with Gasteiger partial charge in [-0.1, -0.05) is 12.1 Å². The minimum Gasteiger partial charge on any atom is -0.481 e. The van der Waals surface area contributed by atoms with E-state index in [2.05, 4.69) is 10.1 Å².